The van der Waals surface area contributed by atoms with Crippen LogP contribution in [-0.4, -0.2) is 15.0 Å². The van der Waals surface area contributed by atoms with Gasteiger partial charge in [0.1, 0.15) is 5.58 Å². The Balaban J connectivity index is 1.73. The molecule has 0 aliphatic heterocycles. The van der Waals surface area contributed by atoms with Crippen LogP contribution in [0, 0.1) is 0 Å². The second kappa shape index (κ2) is 7.59. The Bertz CT molecular complexity index is 2140. The van der Waals surface area contributed by atoms with E-state index in [4.69, 9.17) is 31.1 Å². The SMILES string of the molecule is [2H]c1c([2H])c([2H])c(-c2nc(-c3ccccc3)nc(-c3c([2H])c([2H])c4c(oc5c(Cl)c([2H])c([2H])c([2H])c54)c3[2H])n2)c([2H])c1[2H]. The van der Waals surface area contributed by atoms with E-state index >= 15 is 0 Å². The minimum absolute atomic E-state index is 0.0108. The summed E-state index contributed by atoms with van der Waals surface area (Å²) in [5.74, 6) is -0.609. The van der Waals surface area contributed by atoms with Gasteiger partial charge in [-0.05, 0) is 18.1 Å². The summed E-state index contributed by atoms with van der Waals surface area (Å²) in [6, 6.07) is 2.67. The highest BCUT2D eigenvalue weighted by Gasteiger charge is 2.15. The van der Waals surface area contributed by atoms with E-state index in [0.29, 0.717) is 5.56 Å². The van der Waals surface area contributed by atoms with Gasteiger partial charge >= 0.3 is 0 Å². The molecule has 2 aromatic heterocycles. The molecule has 0 N–H and O–H groups in total. The molecular formula is C27H16ClN3O. The Hall–Kier alpha value is -4.02. The Morgan fingerprint density at radius 1 is 0.656 bits per heavy atom. The first-order valence-corrected chi connectivity index (χ1v) is 9.73. The van der Waals surface area contributed by atoms with Crippen molar-refractivity contribution in [3.8, 4) is 34.2 Å². The predicted octanol–water partition coefficient (Wildman–Crippen LogP) is 7.43. The van der Waals surface area contributed by atoms with Crippen LogP contribution >= 0.6 is 11.6 Å². The number of aromatic nitrogens is 3. The zero-order valence-electron chi connectivity index (χ0n) is 27.0. The third-order valence-electron chi connectivity index (χ3n) is 4.63. The average Bonchev–Trinajstić information content (AvgIpc) is 3.42. The van der Waals surface area contributed by atoms with E-state index < -0.39 is 66.5 Å². The molecule has 0 saturated carbocycles. The maximum Gasteiger partial charge on any atom is 0.164 e. The molecule has 4 aromatic carbocycles. The molecule has 0 aliphatic rings. The van der Waals surface area contributed by atoms with Crippen LogP contribution < -0.4 is 0 Å². The van der Waals surface area contributed by atoms with Gasteiger partial charge in [-0.15, -0.1) is 0 Å². The van der Waals surface area contributed by atoms with E-state index in [1.165, 1.54) is 0 Å². The minimum Gasteiger partial charge on any atom is -0.454 e. The van der Waals surface area contributed by atoms with E-state index in [1.807, 2.05) is 0 Å². The summed E-state index contributed by atoms with van der Waals surface area (Å²) in [6.07, 6.45) is 0. The molecule has 0 bridgehead atoms. The Kier molecular flexibility index (Phi) is 2.50. The number of fused-ring (bicyclic) bond motifs is 3. The van der Waals surface area contributed by atoms with Crippen LogP contribution in [-0.2, 0) is 0 Å². The topological polar surface area (TPSA) is 51.8 Å². The maximum atomic E-state index is 8.97. The Morgan fingerprint density at radius 3 is 2.16 bits per heavy atom. The van der Waals surface area contributed by atoms with Crippen molar-refractivity contribution in [2.45, 2.75) is 0 Å². The van der Waals surface area contributed by atoms with Gasteiger partial charge < -0.3 is 4.42 Å². The van der Waals surface area contributed by atoms with Crippen molar-refractivity contribution in [1.82, 2.24) is 15.0 Å². The van der Waals surface area contributed by atoms with Crippen molar-refractivity contribution in [1.29, 1.82) is 0 Å². The molecule has 32 heavy (non-hydrogen) atoms. The highest BCUT2D eigenvalue weighted by molar-refractivity contribution is 6.35. The second-order valence-electron chi connectivity index (χ2n) is 6.62. The van der Waals surface area contributed by atoms with Crippen molar-refractivity contribution in [3.05, 3.63) is 102 Å². The summed E-state index contributed by atoms with van der Waals surface area (Å²) in [5, 5.41) is -0.480. The molecular weight excluding hydrogens is 418 g/mol. The highest BCUT2D eigenvalue weighted by Crippen LogP contribution is 2.35. The Morgan fingerprint density at radius 2 is 1.38 bits per heavy atom. The summed E-state index contributed by atoms with van der Waals surface area (Å²) in [5.41, 5.74) is -0.577. The number of nitrogens with zero attached hydrogens (tertiary/aromatic N) is 3. The standard InChI is InChI=1S/C27H16ClN3O/c28-22-13-7-12-21-20-15-14-19(16-23(20)32-24(21)22)27-30-25(17-8-3-1-4-9-17)29-26(31-27)18-10-5-2-6-11-18/h1-16H/i1D,3D,4D,7D,8D,9D,12D,13D,14D,15D,16D. The molecule has 0 atom stereocenters. The summed E-state index contributed by atoms with van der Waals surface area (Å²) in [7, 11) is 0. The van der Waals surface area contributed by atoms with Gasteiger partial charge in [0.25, 0.3) is 0 Å². The number of hydrogen-bond acceptors (Lipinski definition) is 4. The average molecular weight is 445 g/mol. The molecule has 6 aromatic rings. The number of para-hydroxylation sites is 1. The van der Waals surface area contributed by atoms with Gasteiger partial charge in [0.05, 0.1) is 20.1 Å². The van der Waals surface area contributed by atoms with E-state index in [2.05, 4.69) is 15.0 Å². The van der Waals surface area contributed by atoms with Gasteiger partial charge in [0.15, 0.2) is 23.1 Å². The molecule has 4 nitrogen and oxygen atoms in total. The van der Waals surface area contributed by atoms with E-state index in [0.717, 1.165) is 0 Å². The Labute approximate surface area is 204 Å². The van der Waals surface area contributed by atoms with Crippen LogP contribution in [0.1, 0.15) is 15.1 Å². The lowest BCUT2D eigenvalue weighted by atomic mass is 10.1. The molecule has 0 fully saturated rings. The van der Waals surface area contributed by atoms with E-state index in [1.54, 1.807) is 30.3 Å². The van der Waals surface area contributed by atoms with Gasteiger partial charge in [-0.2, -0.15) is 0 Å². The molecule has 0 unspecified atom stereocenters. The largest absolute Gasteiger partial charge is 0.454 e. The molecule has 0 spiro atoms. The molecule has 6 rings (SSSR count). The second-order valence-corrected chi connectivity index (χ2v) is 7.00. The monoisotopic (exact) mass is 444 g/mol. The lowest BCUT2D eigenvalue weighted by molar-refractivity contribution is 0.669. The first-order chi connectivity index (χ1) is 20.3. The molecule has 152 valence electrons. The molecule has 0 radical (unpaired) electrons. The highest BCUT2D eigenvalue weighted by atomic mass is 35.5. The summed E-state index contributed by atoms with van der Waals surface area (Å²) < 4.78 is 97.8. The smallest absolute Gasteiger partial charge is 0.164 e. The quantitative estimate of drug-likeness (QED) is 0.285. The summed E-state index contributed by atoms with van der Waals surface area (Å²) in [4.78, 5) is 13.2. The summed E-state index contributed by atoms with van der Waals surface area (Å²) >= 11 is 6.25. The van der Waals surface area contributed by atoms with E-state index in [9.17, 15) is 0 Å². The fraction of sp³-hybridized carbons (Fsp3) is 0. The molecule has 0 saturated heterocycles. The van der Waals surface area contributed by atoms with Gasteiger partial charge in [-0.3, -0.25) is 0 Å². The van der Waals surface area contributed by atoms with Gasteiger partial charge in [0.2, 0.25) is 0 Å². The van der Waals surface area contributed by atoms with Crippen LogP contribution in [0.2, 0.25) is 5.02 Å². The van der Waals surface area contributed by atoms with E-state index in [-0.39, 0.29) is 55.6 Å². The number of benzene rings is 4. The molecule has 5 heteroatoms. The minimum atomic E-state index is -0.607. The number of halogens is 1. The maximum absolute atomic E-state index is 8.97. The van der Waals surface area contributed by atoms with Crippen LogP contribution in [0.5, 0.6) is 0 Å². The summed E-state index contributed by atoms with van der Waals surface area (Å²) in [6.45, 7) is 0. The number of furan rings is 1. The zero-order valence-corrected chi connectivity index (χ0v) is 16.8. The number of rotatable bonds is 3. The molecule has 0 aliphatic carbocycles. The van der Waals surface area contributed by atoms with Crippen molar-refractivity contribution in [2.75, 3.05) is 0 Å². The van der Waals surface area contributed by atoms with Crippen molar-refractivity contribution in [2.24, 2.45) is 0 Å². The first kappa shape index (κ1) is 10.5. The third kappa shape index (κ3) is 3.22. The van der Waals surface area contributed by atoms with Crippen LogP contribution in [0.25, 0.3) is 56.1 Å². The van der Waals surface area contributed by atoms with Crippen molar-refractivity contribution in [3.63, 3.8) is 0 Å². The fourth-order valence-electron chi connectivity index (χ4n) is 3.18. The van der Waals surface area contributed by atoms with Gasteiger partial charge in [0, 0.05) is 27.5 Å². The number of hydrogen-bond donors (Lipinski definition) is 0. The zero-order chi connectivity index (χ0) is 31.1. The third-order valence-corrected chi connectivity index (χ3v) is 4.90. The van der Waals surface area contributed by atoms with Gasteiger partial charge in [-0.1, -0.05) is 90.3 Å². The fourth-order valence-corrected chi connectivity index (χ4v) is 3.36. The molecule has 2 heterocycles. The molecule has 0 amide bonds. The van der Waals surface area contributed by atoms with Crippen molar-refractivity contribution < 1.29 is 19.5 Å². The predicted molar refractivity (Wildman–Crippen MR) is 128 cm³/mol. The van der Waals surface area contributed by atoms with Crippen LogP contribution in [0.4, 0.5) is 0 Å². The lowest BCUT2D eigenvalue weighted by Crippen LogP contribution is -2.00. The van der Waals surface area contributed by atoms with Crippen LogP contribution in [0.3, 0.4) is 0 Å². The van der Waals surface area contributed by atoms with Gasteiger partial charge in [-0.25, -0.2) is 15.0 Å². The van der Waals surface area contributed by atoms with Crippen molar-refractivity contribution >= 4 is 33.5 Å². The normalized spacial score (nSPS) is 16.1. The lowest BCUT2D eigenvalue weighted by Gasteiger charge is -2.08. The first-order valence-electron chi connectivity index (χ1n) is 14.8. The van der Waals surface area contributed by atoms with Crippen LogP contribution in [0.15, 0.2) is 101 Å².